The van der Waals surface area contributed by atoms with Crippen LogP contribution in [0.1, 0.15) is 51.2 Å². The van der Waals surface area contributed by atoms with E-state index in [0.717, 1.165) is 22.6 Å². The zero-order valence-electron chi connectivity index (χ0n) is 11.2. The second kappa shape index (κ2) is 6.07. The largest absolute Gasteiger partial charge is 0.389 e. The maximum atomic E-state index is 9.61. The van der Waals surface area contributed by atoms with E-state index in [2.05, 4.69) is 33.8 Å². The highest BCUT2D eigenvalue weighted by Crippen LogP contribution is 2.37. The van der Waals surface area contributed by atoms with Crippen LogP contribution in [0.15, 0.2) is 22.7 Å². The quantitative estimate of drug-likeness (QED) is 0.848. The fourth-order valence-corrected chi connectivity index (χ4v) is 2.85. The van der Waals surface area contributed by atoms with Crippen molar-refractivity contribution in [1.29, 1.82) is 0 Å². The van der Waals surface area contributed by atoms with E-state index >= 15 is 0 Å². The van der Waals surface area contributed by atoms with E-state index in [1.165, 1.54) is 31.4 Å². The zero-order chi connectivity index (χ0) is 13.1. The molecule has 1 fully saturated rings. The Balaban J connectivity index is 2.19. The average molecular weight is 312 g/mol. The highest BCUT2D eigenvalue weighted by Gasteiger charge is 2.29. The first-order chi connectivity index (χ1) is 8.63. The number of rotatable bonds is 6. The lowest BCUT2D eigenvalue weighted by Crippen LogP contribution is -2.27. The Morgan fingerprint density at radius 2 is 2.17 bits per heavy atom. The van der Waals surface area contributed by atoms with Crippen LogP contribution in [0.3, 0.4) is 0 Å². The van der Waals surface area contributed by atoms with Crippen LogP contribution < -0.4 is 4.90 Å². The third-order valence-electron chi connectivity index (χ3n) is 3.50. The smallest absolute Gasteiger partial charge is 0.0762 e. The Morgan fingerprint density at radius 3 is 2.67 bits per heavy atom. The number of hydrogen-bond donors (Lipinski definition) is 1. The molecule has 2 rings (SSSR count). The monoisotopic (exact) mass is 311 g/mol. The first-order valence-corrected chi connectivity index (χ1v) is 7.67. The summed E-state index contributed by atoms with van der Waals surface area (Å²) in [6, 6.07) is 6.94. The minimum atomic E-state index is -0.402. The molecule has 0 aromatic heterocycles. The molecule has 1 aliphatic carbocycles. The second-order valence-electron chi connectivity index (χ2n) is 5.16. The van der Waals surface area contributed by atoms with Crippen LogP contribution in [0.5, 0.6) is 0 Å². The molecule has 0 saturated heterocycles. The molecule has 1 unspecified atom stereocenters. The van der Waals surface area contributed by atoms with Crippen LogP contribution >= 0.6 is 15.9 Å². The molecule has 1 aromatic carbocycles. The summed E-state index contributed by atoms with van der Waals surface area (Å²) in [6.07, 6.45) is 4.69. The number of aliphatic hydroxyl groups excluding tert-OH is 1. The van der Waals surface area contributed by atoms with E-state index in [1.807, 2.05) is 12.1 Å². The number of nitrogens with zero attached hydrogens (tertiary/aromatic N) is 1. The van der Waals surface area contributed by atoms with Gasteiger partial charge in [-0.2, -0.15) is 0 Å². The normalized spacial score (nSPS) is 16.7. The van der Waals surface area contributed by atoms with Gasteiger partial charge < -0.3 is 10.0 Å². The molecule has 100 valence electrons. The van der Waals surface area contributed by atoms with Crippen molar-refractivity contribution in [2.24, 2.45) is 0 Å². The molecule has 0 radical (unpaired) electrons. The molecule has 1 N–H and O–H groups in total. The number of unbranched alkanes of at least 4 members (excludes halogenated alkanes) is 1. The van der Waals surface area contributed by atoms with Gasteiger partial charge in [0.2, 0.25) is 0 Å². The van der Waals surface area contributed by atoms with Gasteiger partial charge in [-0.15, -0.1) is 0 Å². The van der Waals surface area contributed by atoms with Crippen molar-refractivity contribution in [2.75, 3.05) is 11.4 Å². The molecule has 18 heavy (non-hydrogen) atoms. The van der Waals surface area contributed by atoms with E-state index in [1.54, 1.807) is 6.92 Å². The molecule has 1 saturated carbocycles. The van der Waals surface area contributed by atoms with Crippen LogP contribution in [-0.4, -0.2) is 17.7 Å². The average Bonchev–Trinajstić information content (AvgIpc) is 3.15. The molecule has 1 aliphatic rings. The van der Waals surface area contributed by atoms with Crippen molar-refractivity contribution in [1.82, 2.24) is 0 Å². The summed E-state index contributed by atoms with van der Waals surface area (Å²) in [5, 5.41) is 9.61. The summed E-state index contributed by atoms with van der Waals surface area (Å²) < 4.78 is 1.10. The highest BCUT2D eigenvalue weighted by molar-refractivity contribution is 9.10. The van der Waals surface area contributed by atoms with Crippen LogP contribution in [0.25, 0.3) is 0 Å². The predicted molar refractivity (Wildman–Crippen MR) is 80.1 cm³/mol. The number of hydrogen-bond acceptors (Lipinski definition) is 2. The third kappa shape index (κ3) is 3.27. The molecule has 1 atom stereocenters. The number of halogens is 1. The van der Waals surface area contributed by atoms with Gasteiger partial charge in [-0.05, 0) is 59.8 Å². The Morgan fingerprint density at radius 1 is 1.44 bits per heavy atom. The number of anilines is 1. The van der Waals surface area contributed by atoms with E-state index in [0.29, 0.717) is 0 Å². The fraction of sp³-hybridized carbons (Fsp3) is 0.600. The van der Waals surface area contributed by atoms with Crippen molar-refractivity contribution < 1.29 is 5.11 Å². The lowest BCUT2D eigenvalue weighted by atomic mass is 10.1. The van der Waals surface area contributed by atoms with Gasteiger partial charge >= 0.3 is 0 Å². The SMILES string of the molecule is CCCCN(c1ccc(C(C)O)cc1Br)C1CC1. The Labute approximate surface area is 118 Å². The van der Waals surface area contributed by atoms with Crippen LogP contribution in [0, 0.1) is 0 Å². The van der Waals surface area contributed by atoms with Gasteiger partial charge in [0.1, 0.15) is 0 Å². The van der Waals surface area contributed by atoms with E-state index in [9.17, 15) is 5.11 Å². The first kappa shape index (κ1) is 13.9. The lowest BCUT2D eigenvalue weighted by Gasteiger charge is -2.26. The standard InChI is InChI=1S/C15H22BrNO/c1-3-4-9-17(13-6-7-13)15-8-5-12(11(2)18)10-14(15)16/h5,8,10-11,13,18H,3-4,6-7,9H2,1-2H3. The van der Waals surface area contributed by atoms with E-state index in [-0.39, 0.29) is 0 Å². The molecule has 0 heterocycles. The summed E-state index contributed by atoms with van der Waals surface area (Å²) >= 11 is 3.65. The van der Waals surface area contributed by atoms with Gasteiger partial charge in [0.25, 0.3) is 0 Å². The summed E-state index contributed by atoms with van der Waals surface area (Å²) in [4.78, 5) is 2.51. The highest BCUT2D eigenvalue weighted by atomic mass is 79.9. The van der Waals surface area contributed by atoms with Gasteiger partial charge in [-0.25, -0.2) is 0 Å². The summed E-state index contributed by atoms with van der Waals surface area (Å²) in [7, 11) is 0. The Kier molecular flexibility index (Phi) is 4.68. The molecule has 0 amide bonds. The van der Waals surface area contributed by atoms with Crippen molar-refractivity contribution >= 4 is 21.6 Å². The minimum absolute atomic E-state index is 0.402. The van der Waals surface area contributed by atoms with Gasteiger partial charge in [0.15, 0.2) is 0 Å². The first-order valence-electron chi connectivity index (χ1n) is 6.87. The summed E-state index contributed by atoms with van der Waals surface area (Å²) in [5.74, 6) is 0. The van der Waals surface area contributed by atoms with Crippen molar-refractivity contribution in [2.45, 2.75) is 51.7 Å². The molecule has 3 heteroatoms. The van der Waals surface area contributed by atoms with Crippen molar-refractivity contribution in [3.05, 3.63) is 28.2 Å². The number of aliphatic hydroxyl groups is 1. The maximum Gasteiger partial charge on any atom is 0.0762 e. The van der Waals surface area contributed by atoms with Gasteiger partial charge in [0.05, 0.1) is 11.8 Å². The van der Waals surface area contributed by atoms with Crippen LogP contribution in [-0.2, 0) is 0 Å². The third-order valence-corrected chi connectivity index (χ3v) is 4.14. The molecule has 0 spiro atoms. The molecular formula is C15H22BrNO. The fourth-order valence-electron chi connectivity index (χ4n) is 2.23. The molecular weight excluding hydrogens is 290 g/mol. The van der Waals surface area contributed by atoms with Gasteiger partial charge in [-0.1, -0.05) is 19.4 Å². The summed E-state index contributed by atoms with van der Waals surface area (Å²) in [6.45, 7) is 5.17. The predicted octanol–water partition coefficient (Wildman–Crippen LogP) is 4.27. The second-order valence-corrected chi connectivity index (χ2v) is 6.02. The molecule has 0 bridgehead atoms. The van der Waals surface area contributed by atoms with E-state index in [4.69, 9.17) is 0 Å². The molecule has 2 nitrogen and oxygen atoms in total. The molecule has 0 aliphatic heterocycles. The maximum absolute atomic E-state index is 9.61. The zero-order valence-corrected chi connectivity index (χ0v) is 12.8. The van der Waals surface area contributed by atoms with Crippen LogP contribution in [0.2, 0.25) is 0 Å². The number of benzene rings is 1. The molecule has 1 aromatic rings. The van der Waals surface area contributed by atoms with Crippen molar-refractivity contribution in [3.8, 4) is 0 Å². The minimum Gasteiger partial charge on any atom is -0.389 e. The Bertz CT molecular complexity index is 401. The summed E-state index contributed by atoms with van der Waals surface area (Å²) in [5.41, 5.74) is 2.24. The van der Waals surface area contributed by atoms with Gasteiger partial charge in [-0.3, -0.25) is 0 Å². The van der Waals surface area contributed by atoms with Crippen LogP contribution in [0.4, 0.5) is 5.69 Å². The van der Waals surface area contributed by atoms with Gasteiger partial charge in [0, 0.05) is 17.1 Å². The topological polar surface area (TPSA) is 23.5 Å². The van der Waals surface area contributed by atoms with Crippen molar-refractivity contribution in [3.63, 3.8) is 0 Å². The lowest BCUT2D eigenvalue weighted by molar-refractivity contribution is 0.199. The van der Waals surface area contributed by atoms with E-state index < -0.39 is 6.10 Å². The Hall–Kier alpha value is -0.540.